The first-order valence-electron chi connectivity index (χ1n) is 7.04. The number of ether oxygens (including phenoxy) is 1. The summed E-state index contributed by atoms with van der Waals surface area (Å²) < 4.78 is 5.54. The minimum Gasteiger partial charge on any atom is -0.516 e. The summed E-state index contributed by atoms with van der Waals surface area (Å²) in [4.78, 5) is 12.1. The lowest BCUT2D eigenvalue weighted by molar-refractivity contribution is 0.104. The van der Waals surface area contributed by atoms with Crippen molar-refractivity contribution in [3.8, 4) is 5.75 Å². The number of carbonyl (C=O) groups is 1. The number of ketones is 1. The standard InChI is InChI=1S/C19H18O3/c1-15(13-14-20)22-18-10-8-17(9-11-18)19(21)12-7-16-5-3-2-4-6-16/h2-15,20H,1H3. The van der Waals surface area contributed by atoms with Gasteiger partial charge in [0.05, 0.1) is 6.26 Å². The van der Waals surface area contributed by atoms with Gasteiger partial charge in [-0.15, -0.1) is 0 Å². The third kappa shape index (κ3) is 4.63. The van der Waals surface area contributed by atoms with E-state index < -0.39 is 0 Å². The Kier molecular flexibility index (Phi) is 5.55. The Hall–Kier alpha value is -2.81. The van der Waals surface area contributed by atoms with Crippen molar-refractivity contribution in [2.75, 3.05) is 0 Å². The van der Waals surface area contributed by atoms with E-state index in [9.17, 15) is 4.79 Å². The normalized spacial score (nSPS) is 12.6. The third-order valence-corrected chi connectivity index (χ3v) is 3.04. The molecule has 22 heavy (non-hydrogen) atoms. The number of benzene rings is 2. The molecule has 1 N–H and O–H groups in total. The summed E-state index contributed by atoms with van der Waals surface area (Å²) >= 11 is 0. The zero-order chi connectivity index (χ0) is 15.8. The van der Waals surface area contributed by atoms with Crippen molar-refractivity contribution in [3.05, 3.63) is 84.1 Å². The van der Waals surface area contributed by atoms with Gasteiger partial charge < -0.3 is 9.84 Å². The van der Waals surface area contributed by atoms with Crippen LogP contribution >= 0.6 is 0 Å². The lowest BCUT2D eigenvalue weighted by Gasteiger charge is -2.10. The second-order valence-electron chi connectivity index (χ2n) is 4.80. The fraction of sp³-hybridized carbons (Fsp3) is 0.105. The maximum absolute atomic E-state index is 12.1. The molecule has 0 aliphatic rings. The Balaban J connectivity index is 2.01. The van der Waals surface area contributed by atoms with Crippen LogP contribution in [0.4, 0.5) is 0 Å². The largest absolute Gasteiger partial charge is 0.516 e. The molecular weight excluding hydrogens is 276 g/mol. The zero-order valence-corrected chi connectivity index (χ0v) is 12.3. The number of rotatable bonds is 6. The number of aliphatic hydroxyl groups excluding tert-OH is 1. The molecule has 1 unspecified atom stereocenters. The predicted molar refractivity (Wildman–Crippen MR) is 88.1 cm³/mol. The second kappa shape index (κ2) is 7.84. The molecule has 1 atom stereocenters. The molecule has 3 heteroatoms. The molecule has 0 heterocycles. The summed E-state index contributed by atoms with van der Waals surface area (Å²) in [6.07, 6.45) is 5.60. The van der Waals surface area contributed by atoms with E-state index in [0.717, 1.165) is 11.8 Å². The number of allylic oxidation sites excluding steroid dienone is 1. The van der Waals surface area contributed by atoms with Gasteiger partial charge in [0.15, 0.2) is 5.78 Å². The monoisotopic (exact) mass is 294 g/mol. The second-order valence-corrected chi connectivity index (χ2v) is 4.80. The fourth-order valence-corrected chi connectivity index (χ4v) is 1.91. The smallest absolute Gasteiger partial charge is 0.185 e. The molecule has 112 valence electrons. The first kappa shape index (κ1) is 15.6. The highest BCUT2D eigenvalue weighted by Crippen LogP contribution is 2.15. The van der Waals surface area contributed by atoms with Gasteiger partial charge in [0.2, 0.25) is 0 Å². The first-order chi connectivity index (χ1) is 10.7. The van der Waals surface area contributed by atoms with Crippen molar-refractivity contribution in [2.24, 2.45) is 0 Å². The summed E-state index contributed by atoms with van der Waals surface area (Å²) in [7, 11) is 0. The Bertz CT molecular complexity index is 655. The van der Waals surface area contributed by atoms with Gasteiger partial charge in [-0.3, -0.25) is 4.79 Å². The van der Waals surface area contributed by atoms with Crippen molar-refractivity contribution in [1.82, 2.24) is 0 Å². The van der Waals surface area contributed by atoms with E-state index in [0.29, 0.717) is 11.3 Å². The minimum absolute atomic E-state index is 0.0568. The average molecular weight is 294 g/mol. The molecule has 0 saturated heterocycles. The molecule has 0 amide bonds. The Morgan fingerprint density at radius 3 is 2.41 bits per heavy atom. The average Bonchev–Trinajstić information content (AvgIpc) is 2.54. The Morgan fingerprint density at radius 2 is 1.77 bits per heavy atom. The summed E-state index contributed by atoms with van der Waals surface area (Å²) in [5.74, 6) is 0.591. The molecule has 0 radical (unpaired) electrons. The van der Waals surface area contributed by atoms with Crippen LogP contribution in [0.3, 0.4) is 0 Å². The van der Waals surface area contributed by atoms with Crippen molar-refractivity contribution in [2.45, 2.75) is 13.0 Å². The molecule has 0 aliphatic carbocycles. The summed E-state index contributed by atoms with van der Waals surface area (Å²) in [5.41, 5.74) is 1.59. The van der Waals surface area contributed by atoms with Gasteiger partial charge in [-0.05, 0) is 48.9 Å². The van der Waals surface area contributed by atoms with E-state index in [1.165, 1.54) is 6.08 Å². The molecule has 0 spiro atoms. The van der Waals surface area contributed by atoms with Crippen LogP contribution < -0.4 is 4.74 Å². The van der Waals surface area contributed by atoms with E-state index >= 15 is 0 Å². The molecule has 2 aromatic carbocycles. The Morgan fingerprint density at radius 1 is 1.09 bits per heavy atom. The van der Waals surface area contributed by atoms with E-state index in [4.69, 9.17) is 9.84 Å². The highest BCUT2D eigenvalue weighted by molar-refractivity contribution is 6.06. The van der Waals surface area contributed by atoms with Gasteiger partial charge in [-0.1, -0.05) is 36.4 Å². The SMILES string of the molecule is CC(C=CO)Oc1ccc(C(=O)C=Cc2ccccc2)cc1. The topological polar surface area (TPSA) is 46.5 Å². The number of hydrogen-bond donors (Lipinski definition) is 1. The van der Waals surface area contributed by atoms with Gasteiger partial charge >= 0.3 is 0 Å². The number of hydrogen-bond acceptors (Lipinski definition) is 3. The molecule has 0 fully saturated rings. The molecule has 2 rings (SSSR count). The molecule has 3 nitrogen and oxygen atoms in total. The van der Waals surface area contributed by atoms with Gasteiger partial charge in [0.1, 0.15) is 11.9 Å². The number of aliphatic hydroxyl groups is 1. The van der Waals surface area contributed by atoms with E-state index in [2.05, 4.69) is 0 Å². The van der Waals surface area contributed by atoms with Crippen molar-refractivity contribution in [1.29, 1.82) is 0 Å². The summed E-state index contributed by atoms with van der Waals surface area (Å²) in [5, 5.41) is 8.67. The third-order valence-electron chi connectivity index (χ3n) is 3.04. The molecule has 0 bridgehead atoms. The van der Waals surface area contributed by atoms with Crippen molar-refractivity contribution >= 4 is 11.9 Å². The summed E-state index contributed by atoms with van der Waals surface area (Å²) in [6.45, 7) is 1.81. The predicted octanol–water partition coefficient (Wildman–Crippen LogP) is 4.42. The van der Waals surface area contributed by atoms with E-state index in [1.807, 2.05) is 37.3 Å². The number of carbonyl (C=O) groups excluding carboxylic acids is 1. The molecule has 0 saturated carbocycles. The lowest BCUT2D eigenvalue weighted by atomic mass is 10.1. The highest BCUT2D eigenvalue weighted by atomic mass is 16.5. The fourth-order valence-electron chi connectivity index (χ4n) is 1.91. The van der Waals surface area contributed by atoms with Crippen molar-refractivity contribution in [3.63, 3.8) is 0 Å². The maximum Gasteiger partial charge on any atom is 0.185 e. The van der Waals surface area contributed by atoms with Crippen LogP contribution in [-0.4, -0.2) is 17.0 Å². The Labute approximate surface area is 130 Å². The van der Waals surface area contributed by atoms with E-state index in [1.54, 1.807) is 36.4 Å². The van der Waals surface area contributed by atoms with Crippen LogP contribution in [-0.2, 0) is 0 Å². The lowest BCUT2D eigenvalue weighted by Crippen LogP contribution is -2.07. The van der Waals surface area contributed by atoms with Crippen molar-refractivity contribution < 1.29 is 14.6 Å². The van der Waals surface area contributed by atoms with Gasteiger partial charge in [-0.2, -0.15) is 0 Å². The van der Waals surface area contributed by atoms with Crippen LogP contribution in [0.5, 0.6) is 5.75 Å². The molecule has 0 aliphatic heterocycles. The first-order valence-corrected chi connectivity index (χ1v) is 7.04. The van der Waals surface area contributed by atoms with Crippen LogP contribution in [0.2, 0.25) is 0 Å². The molecule has 0 aromatic heterocycles. The van der Waals surface area contributed by atoms with Gasteiger partial charge in [0.25, 0.3) is 0 Å². The molecular formula is C19H18O3. The quantitative estimate of drug-likeness (QED) is 0.487. The van der Waals surface area contributed by atoms with Crippen LogP contribution in [0.15, 0.2) is 73.0 Å². The summed E-state index contributed by atoms with van der Waals surface area (Å²) in [6, 6.07) is 16.6. The zero-order valence-electron chi connectivity index (χ0n) is 12.3. The van der Waals surface area contributed by atoms with Gasteiger partial charge in [-0.25, -0.2) is 0 Å². The maximum atomic E-state index is 12.1. The van der Waals surface area contributed by atoms with Crippen LogP contribution in [0.1, 0.15) is 22.8 Å². The van der Waals surface area contributed by atoms with Gasteiger partial charge in [0, 0.05) is 5.56 Å². The van der Waals surface area contributed by atoms with Crippen LogP contribution in [0, 0.1) is 0 Å². The van der Waals surface area contributed by atoms with E-state index in [-0.39, 0.29) is 11.9 Å². The van der Waals surface area contributed by atoms with Crippen LogP contribution in [0.25, 0.3) is 6.08 Å². The highest BCUT2D eigenvalue weighted by Gasteiger charge is 2.04. The molecule has 2 aromatic rings. The minimum atomic E-state index is -0.232.